The Morgan fingerprint density at radius 1 is 1.31 bits per heavy atom. The Balaban J connectivity index is 2.67. The molecule has 0 aliphatic rings. The topological polar surface area (TPSA) is 4.93 Å². The van der Waals surface area contributed by atoms with Gasteiger partial charge >= 0.3 is 6.18 Å². The molecule has 1 heterocycles. The van der Waals surface area contributed by atoms with Crippen LogP contribution in [0.2, 0.25) is 0 Å². The molecule has 2 aromatic rings. The minimum atomic E-state index is -4.27. The van der Waals surface area contributed by atoms with E-state index in [9.17, 15) is 13.2 Å². The molecule has 16 heavy (non-hydrogen) atoms. The van der Waals surface area contributed by atoms with Gasteiger partial charge in [0.2, 0.25) is 0 Å². The molecule has 0 unspecified atom stereocenters. The molecule has 5 heteroatoms. The number of hydrogen-bond donors (Lipinski definition) is 0. The number of hydrogen-bond acceptors (Lipinski definition) is 0. The van der Waals surface area contributed by atoms with Gasteiger partial charge in [-0.15, -0.1) is 0 Å². The van der Waals surface area contributed by atoms with Crippen LogP contribution in [-0.4, -0.2) is 4.57 Å². The van der Waals surface area contributed by atoms with Crippen molar-refractivity contribution < 1.29 is 13.2 Å². The van der Waals surface area contributed by atoms with Gasteiger partial charge < -0.3 is 4.57 Å². The van der Waals surface area contributed by atoms with Crippen LogP contribution in [0.25, 0.3) is 10.9 Å². The number of aromatic nitrogens is 1. The lowest BCUT2D eigenvalue weighted by Gasteiger charge is -2.07. The maximum absolute atomic E-state index is 12.5. The zero-order valence-corrected chi connectivity index (χ0v) is 10.6. The summed E-state index contributed by atoms with van der Waals surface area (Å²) < 4.78 is 40.4. The first-order valence-corrected chi connectivity index (χ1v) is 5.87. The van der Waals surface area contributed by atoms with Gasteiger partial charge in [-0.1, -0.05) is 0 Å². The summed E-state index contributed by atoms with van der Waals surface area (Å²) in [5.41, 5.74) is 0.256. The SMILES string of the molecule is CCn1cc(I)c2cc(C(F)(F)F)ccc21. The number of nitrogens with zero attached hydrogens (tertiary/aromatic N) is 1. The van der Waals surface area contributed by atoms with Crippen molar-refractivity contribution in [1.29, 1.82) is 0 Å². The van der Waals surface area contributed by atoms with E-state index in [4.69, 9.17) is 0 Å². The van der Waals surface area contributed by atoms with Crippen molar-refractivity contribution in [3.63, 3.8) is 0 Å². The monoisotopic (exact) mass is 339 g/mol. The van der Waals surface area contributed by atoms with E-state index in [1.54, 1.807) is 0 Å². The van der Waals surface area contributed by atoms with Crippen LogP contribution in [0.3, 0.4) is 0 Å². The fraction of sp³-hybridized carbons (Fsp3) is 0.273. The highest BCUT2D eigenvalue weighted by molar-refractivity contribution is 14.1. The van der Waals surface area contributed by atoms with Gasteiger partial charge in [-0.3, -0.25) is 0 Å². The lowest BCUT2D eigenvalue weighted by molar-refractivity contribution is -0.137. The van der Waals surface area contributed by atoms with E-state index in [0.717, 1.165) is 21.7 Å². The van der Waals surface area contributed by atoms with Gasteiger partial charge in [0.05, 0.1) is 5.56 Å². The first-order chi connectivity index (χ1) is 7.43. The molecule has 0 atom stereocenters. The third kappa shape index (κ3) is 1.92. The minimum Gasteiger partial charge on any atom is -0.347 e. The summed E-state index contributed by atoms with van der Waals surface area (Å²) >= 11 is 2.06. The van der Waals surface area contributed by atoms with E-state index in [0.29, 0.717) is 5.39 Å². The molecule has 0 radical (unpaired) electrons. The van der Waals surface area contributed by atoms with Crippen LogP contribution in [-0.2, 0) is 12.7 Å². The Bertz CT molecular complexity index is 528. The van der Waals surface area contributed by atoms with Crippen LogP contribution >= 0.6 is 22.6 Å². The summed E-state index contributed by atoms with van der Waals surface area (Å²) in [4.78, 5) is 0. The average Bonchev–Trinajstić information content (AvgIpc) is 2.54. The maximum Gasteiger partial charge on any atom is 0.416 e. The molecule has 86 valence electrons. The van der Waals surface area contributed by atoms with E-state index >= 15 is 0 Å². The van der Waals surface area contributed by atoms with E-state index in [-0.39, 0.29) is 0 Å². The van der Waals surface area contributed by atoms with Gasteiger partial charge in [-0.2, -0.15) is 13.2 Å². The van der Waals surface area contributed by atoms with Crippen molar-refractivity contribution in [3.8, 4) is 0 Å². The highest BCUT2D eigenvalue weighted by Crippen LogP contribution is 2.33. The zero-order valence-electron chi connectivity index (χ0n) is 8.48. The largest absolute Gasteiger partial charge is 0.416 e. The molecule has 0 aliphatic heterocycles. The second-order valence-corrected chi connectivity index (χ2v) is 4.65. The van der Waals surface area contributed by atoms with Crippen LogP contribution in [0.1, 0.15) is 12.5 Å². The summed E-state index contributed by atoms with van der Waals surface area (Å²) in [7, 11) is 0. The Morgan fingerprint density at radius 2 is 2.00 bits per heavy atom. The van der Waals surface area contributed by atoms with Crippen molar-refractivity contribution >= 4 is 33.5 Å². The van der Waals surface area contributed by atoms with Gasteiger partial charge in [-0.05, 0) is 47.7 Å². The van der Waals surface area contributed by atoms with Gasteiger partial charge in [0, 0.05) is 27.2 Å². The molecule has 0 bridgehead atoms. The number of rotatable bonds is 1. The standard InChI is InChI=1S/C11H9F3IN/c1-2-16-6-9(15)8-5-7(11(12,13)14)3-4-10(8)16/h3-6H,2H2,1H3. The zero-order chi connectivity index (χ0) is 11.9. The summed E-state index contributed by atoms with van der Waals surface area (Å²) in [5.74, 6) is 0. The quantitative estimate of drug-likeness (QED) is 0.684. The predicted molar refractivity (Wildman–Crippen MR) is 65.3 cm³/mol. The lowest BCUT2D eigenvalue weighted by Crippen LogP contribution is -2.04. The van der Waals surface area contributed by atoms with Crippen molar-refractivity contribution in [2.45, 2.75) is 19.6 Å². The molecular weight excluding hydrogens is 330 g/mol. The summed E-state index contributed by atoms with van der Waals surface area (Å²) in [5, 5.41) is 0.664. The fourth-order valence-electron chi connectivity index (χ4n) is 1.69. The minimum absolute atomic E-state index is 0.591. The van der Waals surface area contributed by atoms with E-state index in [1.165, 1.54) is 12.1 Å². The molecule has 0 aliphatic carbocycles. The van der Waals surface area contributed by atoms with E-state index in [2.05, 4.69) is 22.6 Å². The van der Waals surface area contributed by atoms with Crippen LogP contribution in [0.4, 0.5) is 13.2 Å². The van der Waals surface area contributed by atoms with E-state index < -0.39 is 11.7 Å². The van der Waals surface area contributed by atoms with Crippen LogP contribution < -0.4 is 0 Å². The molecule has 1 nitrogen and oxygen atoms in total. The van der Waals surface area contributed by atoms with Gasteiger partial charge in [0.15, 0.2) is 0 Å². The number of aryl methyl sites for hydroxylation is 1. The third-order valence-corrected chi connectivity index (χ3v) is 3.36. The molecule has 2 rings (SSSR count). The van der Waals surface area contributed by atoms with Gasteiger partial charge in [-0.25, -0.2) is 0 Å². The molecule has 0 saturated carbocycles. The summed E-state index contributed by atoms with van der Waals surface area (Å²) in [6, 6.07) is 3.87. The first-order valence-electron chi connectivity index (χ1n) is 4.79. The van der Waals surface area contributed by atoms with Crippen LogP contribution in [0.5, 0.6) is 0 Å². The molecule has 1 aromatic heterocycles. The predicted octanol–water partition coefficient (Wildman–Crippen LogP) is 4.28. The summed E-state index contributed by atoms with van der Waals surface area (Å²) in [6.45, 7) is 2.72. The smallest absolute Gasteiger partial charge is 0.347 e. The Morgan fingerprint density at radius 3 is 2.56 bits per heavy atom. The van der Waals surface area contributed by atoms with Crippen LogP contribution in [0.15, 0.2) is 24.4 Å². The molecule has 0 saturated heterocycles. The van der Waals surface area contributed by atoms with Crippen molar-refractivity contribution in [2.24, 2.45) is 0 Å². The Kier molecular flexibility index (Phi) is 2.90. The molecule has 0 amide bonds. The molecule has 0 N–H and O–H groups in total. The van der Waals surface area contributed by atoms with Gasteiger partial charge in [0.25, 0.3) is 0 Å². The van der Waals surface area contributed by atoms with E-state index in [1.807, 2.05) is 17.7 Å². The first kappa shape index (κ1) is 11.8. The van der Waals surface area contributed by atoms with Crippen LogP contribution in [0, 0.1) is 3.57 Å². The Hall–Kier alpha value is -0.720. The summed E-state index contributed by atoms with van der Waals surface area (Å²) in [6.07, 6.45) is -2.41. The normalized spacial score (nSPS) is 12.3. The highest BCUT2D eigenvalue weighted by atomic mass is 127. The highest BCUT2D eigenvalue weighted by Gasteiger charge is 2.30. The number of fused-ring (bicyclic) bond motifs is 1. The molecule has 0 fully saturated rings. The van der Waals surface area contributed by atoms with Crippen molar-refractivity contribution in [2.75, 3.05) is 0 Å². The van der Waals surface area contributed by atoms with Crippen molar-refractivity contribution in [3.05, 3.63) is 33.5 Å². The molecular formula is C11H9F3IN. The number of alkyl halides is 3. The lowest BCUT2D eigenvalue weighted by atomic mass is 10.1. The number of halogens is 4. The molecule has 1 aromatic carbocycles. The maximum atomic E-state index is 12.5. The number of benzene rings is 1. The average molecular weight is 339 g/mol. The third-order valence-electron chi connectivity index (χ3n) is 2.50. The second-order valence-electron chi connectivity index (χ2n) is 3.49. The molecule has 0 spiro atoms. The van der Waals surface area contributed by atoms with Gasteiger partial charge in [0.1, 0.15) is 0 Å². The fourth-order valence-corrected chi connectivity index (χ4v) is 2.46. The Labute approximate surface area is 104 Å². The second kappa shape index (κ2) is 3.94. The van der Waals surface area contributed by atoms with Crippen molar-refractivity contribution in [1.82, 2.24) is 4.57 Å².